The summed E-state index contributed by atoms with van der Waals surface area (Å²) in [6, 6.07) is 6.81. The van der Waals surface area contributed by atoms with E-state index in [1.54, 1.807) is 18.2 Å². The Kier molecular flexibility index (Phi) is 11.5. The van der Waals surface area contributed by atoms with Crippen LogP contribution in [0.1, 0.15) is 13.3 Å². The van der Waals surface area contributed by atoms with Gasteiger partial charge in [-0.1, -0.05) is 18.2 Å². The standard InChI is InChI=1S/C16H25FN4.HI/c1-4-11-19-16(18-5-2)20-12-8-13-21(3)15-10-7-6-9-14(15)17;/h4,6-7,9-10H,1,5,8,11-13H2,2-3H3,(H2,18,19,20);1H. The van der Waals surface area contributed by atoms with E-state index in [-0.39, 0.29) is 29.8 Å². The molecule has 0 aromatic heterocycles. The van der Waals surface area contributed by atoms with Gasteiger partial charge in [0, 0.05) is 33.2 Å². The highest BCUT2D eigenvalue weighted by molar-refractivity contribution is 14.0. The van der Waals surface area contributed by atoms with Crippen LogP contribution in [0, 0.1) is 5.82 Å². The maximum absolute atomic E-state index is 13.6. The monoisotopic (exact) mass is 420 g/mol. The molecule has 0 heterocycles. The van der Waals surface area contributed by atoms with Crippen molar-refractivity contribution in [2.45, 2.75) is 13.3 Å². The molecular formula is C16H26FIN4. The fourth-order valence-corrected chi connectivity index (χ4v) is 1.89. The third-order valence-corrected chi connectivity index (χ3v) is 2.94. The van der Waals surface area contributed by atoms with Crippen molar-refractivity contribution in [3.05, 3.63) is 42.7 Å². The molecule has 2 N–H and O–H groups in total. The molecule has 0 fully saturated rings. The number of guanidine groups is 1. The first-order chi connectivity index (χ1) is 10.2. The minimum absolute atomic E-state index is 0. The number of nitrogens with zero attached hydrogens (tertiary/aromatic N) is 2. The van der Waals surface area contributed by atoms with Crippen LogP contribution in [0.4, 0.5) is 10.1 Å². The van der Waals surface area contributed by atoms with E-state index in [1.807, 2.05) is 24.9 Å². The molecule has 0 atom stereocenters. The van der Waals surface area contributed by atoms with Crippen molar-refractivity contribution in [2.24, 2.45) is 4.99 Å². The average Bonchev–Trinajstić information content (AvgIpc) is 2.49. The molecule has 0 radical (unpaired) electrons. The van der Waals surface area contributed by atoms with Crippen molar-refractivity contribution < 1.29 is 4.39 Å². The lowest BCUT2D eigenvalue weighted by Crippen LogP contribution is -2.37. The SMILES string of the molecule is C=CCNC(=NCCCN(C)c1ccccc1F)NCC.I. The Bertz CT molecular complexity index is 465. The Morgan fingerprint density at radius 1 is 1.36 bits per heavy atom. The van der Waals surface area contributed by atoms with Gasteiger partial charge in [0.05, 0.1) is 5.69 Å². The smallest absolute Gasteiger partial charge is 0.191 e. The highest BCUT2D eigenvalue weighted by Crippen LogP contribution is 2.16. The summed E-state index contributed by atoms with van der Waals surface area (Å²) in [5.74, 6) is 0.593. The number of anilines is 1. The van der Waals surface area contributed by atoms with E-state index in [0.29, 0.717) is 18.8 Å². The van der Waals surface area contributed by atoms with E-state index in [1.165, 1.54) is 6.07 Å². The number of para-hydroxylation sites is 1. The van der Waals surface area contributed by atoms with Gasteiger partial charge in [0.2, 0.25) is 0 Å². The number of aliphatic imine (C=N–C) groups is 1. The van der Waals surface area contributed by atoms with Crippen molar-refractivity contribution in [2.75, 3.05) is 38.1 Å². The normalized spacial score (nSPS) is 10.6. The summed E-state index contributed by atoms with van der Waals surface area (Å²) in [6.07, 6.45) is 2.65. The van der Waals surface area contributed by atoms with Gasteiger partial charge in [-0.3, -0.25) is 4.99 Å². The average molecular weight is 420 g/mol. The number of benzene rings is 1. The Hall–Kier alpha value is -1.31. The number of nitrogens with one attached hydrogen (secondary N) is 2. The maximum Gasteiger partial charge on any atom is 0.191 e. The second-order valence-corrected chi connectivity index (χ2v) is 4.66. The molecule has 0 aliphatic rings. The van der Waals surface area contributed by atoms with Crippen LogP contribution in [-0.2, 0) is 0 Å². The fourth-order valence-electron chi connectivity index (χ4n) is 1.89. The van der Waals surface area contributed by atoms with Gasteiger partial charge in [-0.15, -0.1) is 30.6 Å². The topological polar surface area (TPSA) is 39.7 Å². The first-order valence-corrected chi connectivity index (χ1v) is 7.27. The maximum atomic E-state index is 13.6. The number of halogens is 2. The highest BCUT2D eigenvalue weighted by atomic mass is 127. The summed E-state index contributed by atoms with van der Waals surface area (Å²) in [4.78, 5) is 6.38. The van der Waals surface area contributed by atoms with Crippen molar-refractivity contribution in [1.82, 2.24) is 10.6 Å². The van der Waals surface area contributed by atoms with E-state index >= 15 is 0 Å². The van der Waals surface area contributed by atoms with E-state index < -0.39 is 0 Å². The summed E-state index contributed by atoms with van der Waals surface area (Å²) < 4.78 is 13.6. The van der Waals surface area contributed by atoms with Gasteiger partial charge in [0.25, 0.3) is 0 Å². The van der Waals surface area contributed by atoms with Crippen molar-refractivity contribution >= 4 is 35.6 Å². The Labute approximate surface area is 149 Å². The molecule has 0 saturated carbocycles. The first-order valence-electron chi connectivity index (χ1n) is 7.27. The molecule has 1 aromatic rings. The van der Waals surface area contributed by atoms with E-state index in [4.69, 9.17) is 0 Å². The van der Waals surface area contributed by atoms with Gasteiger partial charge in [0.1, 0.15) is 5.82 Å². The Balaban J connectivity index is 0.00000441. The van der Waals surface area contributed by atoms with Crippen LogP contribution in [-0.4, -0.2) is 39.2 Å². The number of hydrogen-bond donors (Lipinski definition) is 2. The Morgan fingerprint density at radius 2 is 2.09 bits per heavy atom. The quantitative estimate of drug-likeness (QED) is 0.223. The molecule has 1 aromatic carbocycles. The molecular weight excluding hydrogens is 394 g/mol. The lowest BCUT2D eigenvalue weighted by Gasteiger charge is -2.19. The highest BCUT2D eigenvalue weighted by Gasteiger charge is 2.05. The lowest BCUT2D eigenvalue weighted by atomic mass is 10.2. The zero-order valence-corrected chi connectivity index (χ0v) is 15.6. The summed E-state index contributed by atoms with van der Waals surface area (Å²) >= 11 is 0. The molecule has 0 saturated heterocycles. The molecule has 22 heavy (non-hydrogen) atoms. The van der Waals surface area contributed by atoms with Crippen LogP contribution in [0.25, 0.3) is 0 Å². The predicted molar refractivity (Wildman–Crippen MR) is 104 cm³/mol. The van der Waals surface area contributed by atoms with Crippen LogP contribution < -0.4 is 15.5 Å². The third kappa shape index (κ3) is 7.63. The molecule has 0 unspecified atom stereocenters. The number of hydrogen-bond acceptors (Lipinski definition) is 2. The molecule has 0 amide bonds. The van der Waals surface area contributed by atoms with Gasteiger partial charge >= 0.3 is 0 Å². The molecule has 1 rings (SSSR count). The van der Waals surface area contributed by atoms with E-state index in [0.717, 1.165) is 25.5 Å². The minimum atomic E-state index is -0.190. The molecule has 4 nitrogen and oxygen atoms in total. The van der Waals surface area contributed by atoms with Crippen LogP contribution in [0.3, 0.4) is 0 Å². The fraction of sp³-hybridized carbons (Fsp3) is 0.438. The predicted octanol–water partition coefficient (Wildman–Crippen LogP) is 3.01. The number of rotatable bonds is 8. The lowest BCUT2D eigenvalue weighted by molar-refractivity contribution is 0.620. The zero-order valence-electron chi connectivity index (χ0n) is 13.3. The van der Waals surface area contributed by atoms with Gasteiger partial charge in [-0.2, -0.15) is 0 Å². The Morgan fingerprint density at radius 3 is 2.73 bits per heavy atom. The molecule has 0 bridgehead atoms. The van der Waals surface area contributed by atoms with Crippen LogP contribution in [0.5, 0.6) is 0 Å². The van der Waals surface area contributed by atoms with Gasteiger partial charge < -0.3 is 15.5 Å². The summed E-state index contributed by atoms with van der Waals surface area (Å²) in [6.45, 7) is 8.63. The zero-order chi connectivity index (χ0) is 15.5. The van der Waals surface area contributed by atoms with Crippen molar-refractivity contribution in [3.63, 3.8) is 0 Å². The second-order valence-electron chi connectivity index (χ2n) is 4.66. The van der Waals surface area contributed by atoms with Crippen molar-refractivity contribution in [1.29, 1.82) is 0 Å². The molecule has 6 heteroatoms. The van der Waals surface area contributed by atoms with E-state index in [2.05, 4.69) is 22.2 Å². The molecule has 0 aliphatic carbocycles. The van der Waals surface area contributed by atoms with Gasteiger partial charge in [-0.05, 0) is 25.5 Å². The molecule has 0 aliphatic heterocycles. The third-order valence-electron chi connectivity index (χ3n) is 2.94. The van der Waals surface area contributed by atoms with E-state index in [9.17, 15) is 4.39 Å². The van der Waals surface area contributed by atoms with Crippen LogP contribution in [0.2, 0.25) is 0 Å². The largest absolute Gasteiger partial charge is 0.372 e. The molecule has 0 spiro atoms. The van der Waals surface area contributed by atoms with Crippen molar-refractivity contribution in [3.8, 4) is 0 Å². The minimum Gasteiger partial charge on any atom is -0.372 e. The van der Waals surface area contributed by atoms with Gasteiger partial charge in [-0.25, -0.2) is 4.39 Å². The first kappa shape index (κ1) is 20.7. The molecule has 124 valence electrons. The summed E-state index contributed by atoms with van der Waals surface area (Å²) in [5, 5.41) is 6.31. The van der Waals surface area contributed by atoms with Gasteiger partial charge in [0.15, 0.2) is 5.96 Å². The summed E-state index contributed by atoms with van der Waals surface area (Å²) in [7, 11) is 1.89. The van der Waals surface area contributed by atoms with Crippen LogP contribution >= 0.6 is 24.0 Å². The second kappa shape index (κ2) is 12.3. The summed E-state index contributed by atoms with van der Waals surface area (Å²) in [5.41, 5.74) is 0.623. The van der Waals surface area contributed by atoms with Crippen LogP contribution in [0.15, 0.2) is 41.9 Å².